The molecule has 1 aliphatic carbocycles. The number of aliphatic carboxylic acids is 1. The number of urea groups is 1. The molecule has 2 amide bonds. The standard InChI is InChI=1S/C12H23N3O3/c1-12(2,7-10(16)17)15-11(18)14-9-6-4-3-5-8(9)13/h8-9H,3-7,13H2,1-2H3,(H,16,17)(H2,14,15,18). The van der Waals surface area contributed by atoms with E-state index < -0.39 is 11.5 Å². The van der Waals surface area contributed by atoms with Crippen LogP contribution in [0.5, 0.6) is 0 Å². The third-order valence-electron chi connectivity index (χ3n) is 3.18. The first kappa shape index (κ1) is 14.8. The summed E-state index contributed by atoms with van der Waals surface area (Å²) in [6.07, 6.45) is 3.86. The minimum atomic E-state index is -0.935. The molecule has 0 aromatic heterocycles. The van der Waals surface area contributed by atoms with Gasteiger partial charge in [-0.25, -0.2) is 4.79 Å². The van der Waals surface area contributed by atoms with Gasteiger partial charge in [-0.05, 0) is 26.7 Å². The van der Waals surface area contributed by atoms with Gasteiger partial charge in [0.1, 0.15) is 0 Å². The van der Waals surface area contributed by atoms with Crippen LogP contribution >= 0.6 is 0 Å². The highest BCUT2D eigenvalue weighted by atomic mass is 16.4. The number of nitrogens with one attached hydrogen (secondary N) is 2. The predicted octanol–water partition coefficient (Wildman–Crippen LogP) is 0.809. The van der Waals surface area contributed by atoms with Gasteiger partial charge in [0.05, 0.1) is 6.42 Å². The van der Waals surface area contributed by atoms with E-state index in [0.717, 1.165) is 25.7 Å². The van der Waals surface area contributed by atoms with Gasteiger partial charge in [0, 0.05) is 17.6 Å². The van der Waals surface area contributed by atoms with Crippen molar-refractivity contribution in [2.75, 3.05) is 0 Å². The maximum absolute atomic E-state index is 11.8. The lowest BCUT2D eigenvalue weighted by Crippen LogP contribution is -2.56. The zero-order valence-corrected chi connectivity index (χ0v) is 11.0. The van der Waals surface area contributed by atoms with Crippen molar-refractivity contribution in [3.8, 4) is 0 Å². The zero-order valence-electron chi connectivity index (χ0n) is 11.0. The number of nitrogens with two attached hydrogens (primary N) is 1. The first-order valence-electron chi connectivity index (χ1n) is 6.36. The summed E-state index contributed by atoms with van der Waals surface area (Å²) in [5, 5.41) is 14.2. The van der Waals surface area contributed by atoms with Crippen LogP contribution in [0.3, 0.4) is 0 Å². The molecule has 0 spiro atoms. The summed E-state index contributed by atoms with van der Waals surface area (Å²) in [7, 11) is 0. The molecule has 0 heterocycles. The lowest BCUT2D eigenvalue weighted by Gasteiger charge is -2.31. The average molecular weight is 257 g/mol. The molecule has 6 heteroatoms. The minimum Gasteiger partial charge on any atom is -0.481 e. The number of carboxylic acids is 1. The topological polar surface area (TPSA) is 104 Å². The van der Waals surface area contributed by atoms with E-state index in [4.69, 9.17) is 10.8 Å². The number of carboxylic acid groups (broad SMARTS) is 1. The molecule has 2 atom stereocenters. The van der Waals surface area contributed by atoms with E-state index in [1.54, 1.807) is 13.8 Å². The van der Waals surface area contributed by atoms with Gasteiger partial charge in [-0.1, -0.05) is 12.8 Å². The minimum absolute atomic E-state index is 0.00733. The molecule has 1 rings (SSSR count). The van der Waals surface area contributed by atoms with Gasteiger partial charge in [-0.2, -0.15) is 0 Å². The van der Waals surface area contributed by atoms with Gasteiger partial charge in [-0.15, -0.1) is 0 Å². The van der Waals surface area contributed by atoms with Gasteiger partial charge >= 0.3 is 12.0 Å². The molecule has 6 nitrogen and oxygen atoms in total. The Labute approximate surface area is 107 Å². The van der Waals surface area contributed by atoms with Crippen LogP contribution in [0.15, 0.2) is 0 Å². The predicted molar refractivity (Wildman–Crippen MR) is 68.2 cm³/mol. The number of carbonyl (C=O) groups excluding carboxylic acids is 1. The Kier molecular flexibility index (Phi) is 4.95. The Hall–Kier alpha value is -1.30. The van der Waals surface area contributed by atoms with Gasteiger partial charge in [-0.3, -0.25) is 4.79 Å². The summed E-state index contributed by atoms with van der Waals surface area (Å²) in [6, 6.07) is -0.366. The fraction of sp³-hybridized carbons (Fsp3) is 0.833. The maximum Gasteiger partial charge on any atom is 0.315 e. The lowest BCUT2D eigenvalue weighted by molar-refractivity contribution is -0.138. The summed E-state index contributed by atoms with van der Waals surface area (Å²) >= 11 is 0. The van der Waals surface area contributed by atoms with Gasteiger partial charge < -0.3 is 21.5 Å². The molecule has 0 aromatic rings. The molecule has 1 fully saturated rings. The monoisotopic (exact) mass is 257 g/mol. The Morgan fingerprint density at radius 1 is 1.33 bits per heavy atom. The first-order valence-corrected chi connectivity index (χ1v) is 6.36. The third kappa shape index (κ3) is 4.91. The first-order chi connectivity index (χ1) is 8.30. The fourth-order valence-electron chi connectivity index (χ4n) is 2.27. The van der Waals surface area contributed by atoms with Crippen LogP contribution in [0.25, 0.3) is 0 Å². The summed E-state index contributed by atoms with van der Waals surface area (Å²) in [5.74, 6) is -0.935. The molecular weight excluding hydrogens is 234 g/mol. The molecule has 1 aliphatic rings. The van der Waals surface area contributed by atoms with Crippen LogP contribution in [-0.4, -0.2) is 34.7 Å². The number of amides is 2. The van der Waals surface area contributed by atoms with Crippen LogP contribution in [0, 0.1) is 0 Å². The second-order valence-corrected chi connectivity index (χ2v) is 5.61. The van der Waals surface area contributed by atoms with E-state index in [0.29, 0.717) is 0 Å². The van der Waals surface area contributed by atoms with Crippen molar-refractivity contribution in [1.82, 2.24) is 10.6 Å². The quantitative estimate of drug-likeness (QED) is 0.598. The highest BCUT2D eigenvalue weighted by Gasteiger charge is 2.27. The maximum atomic E-state index is 11.8. The van der Waals surface area contributed by atoms with E-state index in [9.17, 15) is 9.59 Å². The molecule has 0 bridgehead atoms. The van der Waals surface area contributed by atoms with Crippen LogP contribution in [0.2, 0.25) is 0 Å². The number of hydrogen-bond acceptors (Lipinski definition) is 3. The molecule has 2 unspecified atom stereocenters. The van der Waals surface area contributed by atoms with Crippen LogP contribution in [-0.2, 0) is 4.79 Å². The molecule has 0 aliphatic heterocycles. The fourth-order valence-corrected chi connectivity index (χ4v) is 2.27. The van der Waals surface area contributed by atoms with E-state index in [-0.39, 0.29) is 24.5 Å². The number of carbonyl (C=O) groups is 2. The molecule has 0 radical (unpaired) electrons. The highest BCUT2D eigenvalue weighted by Crippen LogP contribution is 2.17. The van der Waals surface area contributed by atoms with Crippen molar-refractivity contribution in [2.24, 2.45) is 5.73 Å². The van der Waals surface area contributed by atoms with Crippen molar-refractivity contribution in [3.63, 3.8) is 0 Å². The summed E-state index contributed by atoms with van der Waals surface area (Å²) in [4.78, 5) is 22.4. The summed E-state index contributed by atoms with van der Waals surface area (Å²) < 4.78 is 0. The van der Waals surface area contributed by atoms with Crippen molar-refractivity contribution < 1.29 is 14.7 Å². The third-order valence-corrected chi connectivity index (χ3v) is 3.18. The van der Waals surface area contributed by atoms with Gasteiger partial charge in [0.25, 0.3) is 0 Å². The second-order valence-electron chi connectivity index (χ2n) is 5.61. The van der Waals surface area contributed by atoms with Crippen LogP contribution in [0.4, 0.5) is 4.79 Å². The van der Waals surface area contributed by atoms with Crippen LogP contribution < -0.4 is 16.4 Å². The van der Waals surface area contributed by atoms with Crippen molar-refractivity contribution in [2.45, 2.75) is 63.6 Å². The second kappa shape index (κ2) is 6.04. The molecular formula is C12H23N3O3. The van der Waals surface area contributed by atoms with E-state index in [1.807, 2.05) is 0 Å². The molecule has 0 saturated heterocycles. The average Bonchev–Trinajstić information content (AvgIpc) is 2.18. The smallest absolute Gasteiger partial charge is 0.315 e. The summed E-state index contributed by atoms with van der Waals surface area (Å²) in [5.41, 5.74) is 5.17. The van der Waals surface area contributed by atoms with Crippen molar-refractivity contribution >= 4 is 12.0 Å². The van der Waals surface area contributed by atoms with Crippen molar-refractivity contribution in [3.05, 3.63) is 0 Å². The van der Waals surface area contributed by atoms with Gasteiger partial charge in [0.2, 0.25) is 0 Å². The summed E-state index contributed by atoms with van der Waals surface area (Å²) in [6.45, 7) is 3.36. The molecule has 18 heavy (non-hydrogen) atoms. The SMILES string of the molecule is CC(C)(CC(=O)O)NC(=O)NC1CCCCC1N. The molecule has 1 saturated carbocycles. The lowest BCUT2D eigenvalue weighted by atomic mass is 9.91. The largest absolute Gasteiger partial charge is 0.481 e. The van der Waals surface area contributed by atoms with E-state index in [1.165, 1.54) is 0 Å². The Balaban J connectivity index is 2.43. The normalized spacial score (nSPS) is 24.4. The Bertz CT molecular complexity index is 318. The van der Waals surface area contributed by atoms with E-state index in [2.05, 4.69) is 10.6 Å². The molecule has 5 N–H and O–H groups in total. The molecule has 0 aromatic carbocycles. The molecule has 104 valence electrons. The van der Waals surface area contributed by atoms with E-state index >= 15 is 0 Å². The van der Waals surface area contributed by atoms with Gasteiger partial charge in [0.15, 0.2) is 0 Å². The number of rotatable bonds is 4. The highest BCUT2D eigenvalue weighted by molar-refractivity contribution is 5.76. The number of hydrogen-bond donors (Lipinski definition) is 4. The zero-order chi connectivity index (χ0) is 13.8. The van der Waals surface area contributed by atoms with Crippen molar-refractivity contribution in [1.29, 1.82) is 0 Å². The van der Waals surface area contributed by atoms with Crippen LogP contribution in [0.1, 0.15) is 46.0 Å². The Morgan fingerprint density at radius 2 is 1.94 bits per heavy atom. The Morgan fingerprint density at radius 3 is 2.50 bits per heavy atom.